The number of carbonyl (C=O) groups is 2. The Morgan fingerprint density at radius 3 is 2.48 bits per heavy atom. The fraction of sp³-hybridized carbons (Fsp3) is 0.143. The lowest BCUT2D eigenvalue weighted by Crippen LogP contribution is -2.25. The molecule has 0 saturated heterocycles. The zero-order valence-corrected chi connectivity index (χ0v) is 14.3. The van der Waals surface area contributed by atoms with Gasteiger partial charge in [0.15, 0.2) is 0 Å². The highest BCUT2D eigenvalue weighted by molar-refractivity contribution is 6.46. The second kappa shape index (κ2) is 7.18. The minimum Gasteiger partial charge on any atom is -0.340 e. The van der Waals surface area contributed by atoms with Crippen LogP contribution in [0.15, 0.2) is 66.9 Å². The minimum atomic E-state index is -0.623. The highest BCUT2D eigenvalue weighted by Gasteiger charge is 2.20. The van der Waals surface area contributed by atoms with Crippen LogP contribution in [0.4, 0.5) is 5.69 Å². The molecule has 0 radical (unpaired) electrons. The molecule has 0 unspecified atom stereocenters. The monoisotopic (exact) mass is 332 g/mol. The third-order valence-corrected chi connectivity index (χ3v) is 4.11. The molecule has 0 fully saturated rings. The largest absolute Gasteiger partial charge is 0.340 e. The van der Waals surface area contributed by atoms with Crippen molar-refractivity contribution in [3.8, 4) is 0 Å². The molecule has 1 amide bonds. The maximum absolute atomic E-state index is 12.6. The summed E-state index contributed by atoms with van der Waals surface area (Å²) in [5, 5.41) is 2.73. The van der Waals surface area contributed by atoms with Gasteiger partial charge in [0.2, 0.25) is 0 Å². The molecule has 3 rings (SSSR count). The lowest BCUT2D eigenvalue weighted by Gasteiger charge is -2.11. The van der Waals surface area contributed by atoms with Gasteiger partial charge in [-0.05, 0) is 48.7 Å². The van der Waals surface area contributed by atoms with Crippen molar-refractivity contribution in [2.24, 2.45) is 0 Å². The van der Waals surface area contributed by atoms with E-state index in [1.54, 1.807) is 16.7 Å². The molecule has 0 spiro atoms. The molecule has 0 bridgehead atoms. The molecule has 3 aromatic rings. The predicted molar refractivity (Wildman–Crippen MR) is 98.9 cm³/mol. The first-order valence-corrected chi connectivity index (χ1v) is 8.16. The summed E-state index contributed by atoms with van der Waals surface area (Å²) >= 11 is 0. The Labute approximate surface area is 147 Å². The first-order valence-electron chi connectivity index (χ1n) is 8.16. The smallest absolute Gasteiger partial charge is 0.298 e. The van der Waals surface area contributed by atoms with E-state index in [1.807, 2.05) is 68.6 Å². The van der Waals surface area contributed by atoms with Crippen LogP contribution in [0, 0.1) is 13.8 Å². The summed E-state index contributed by atoms with van der Waals surface area (Å²) in [5.41, 5.74) is 4.07. The van der Waals surface area contributed by atoms with E-state index in [2.05, 4.69) is 5.32 Å². The Hall–Kier alpha value is -3.14. The SMILES string of the molecule is Cc1ccc(C)c(NC(=O)C(=O)c2cccn2Cc2ccccc2)c1. The van der Waals surface area contributed by atoms with E-state index in [1.165, 1.54) is 0 Å². The molecule has 0 saturated carbocycles. The van der Waals surface area contributed by atoms with Gasteiger partial charge >= 0.3 is 0 Å². The van der Waals surface area contributed by atoms with Crippen molar-refractivity contribution in [1.29, 1.82) is 0 Å². The molecular formula is C21H20N2O2. The maximum Gasteiger partial charge on any atom is 0.298 e. The minimum absolute atomic E-state index is 0.381. The molecule has 0 aliphatic heterocycles. The Bertz CT molecular complexity index is 911. The van der Waals surface area contributed by atoms with Gasteiger partial charge in [-0.3, -0.25) is 9.59 Å². The Kier molecular flexibility index (Phi) is 4.80. The van der Waals surface area contributed by atoms with Crippen molar-refractivity contribution in [2.45, 2.75) is 20.4 Å². The molecular weight excluding hydrogens is 312 g/mol. The maximum atomic E-state index is 12.6. The van der Waals surface area contributed by atoms with Gasteiger partial charge in [0.25, 0.3) is 11.7 Å². The van der Waals surface area contributed by atoms with Crippen molar-refractivity contribution >= 4 is 17.4 Å². The van der Waals surface area contributed by atoms with E-state index >= 15 is 0 Å². The lowest BCUT2D eigenvalue weighted by molar-refractivity contribution is -0.112. The van der Waals surface area contributed by atoms with Crippen LogP contribution in [0.25, 0.3) is 0 Å². The molecule has 1 N–H and O–H groups in total. The van der Waals surface area contributed by atoms with Crippen LogP contribution >= 0.6 is 0 Å². The molecule has 25 heavy (non-hydrogen) atoms. The predicted octanol–water partition coefficient (Wildman–Crippen LogP) is 3.97. The van der Waals surface area contributed by atoms with Crippen LogP contribution in [0.5, 0.6) is 0 Å². The number of ketones is 1. The van der Waals surface area contributed by atoms with E-state index in [0.717, 1.165) is 16.7 Å². The van der Waals surface area contributed by atoms with Crippen LogP contribution < -0.4 is 5.32 Å². The fourth-order valence-electron chi connectivity index (χ4n) is 2.70. The van der Waals surface area contributed by atoms with E-state index in [0.29, 0.717) is 17.9 Å². The van der Waals surface area contributed by atoms with Crippen molar-refractivity contribution in [1.82, 2.24) is 4.57 Å². The van der Waals surface area contributed by atoms with Gasteiger partial charge in [-0.1, -0.05) is 42.5 Å². The number of nitrogens with zero attached hydrogens (tertiary/aromatic N) is 1. The average Bonchev–Trinajstić information content (AvgIpc) is 3.06. The molecule has 0 aliphatic carbocycles. The van der Waals surface area contributed by atoms with Gasteiger partial charge in [0, 0.05) is 18.4 Å². The second-order valence-corrected chi connectivity index (χ2v) is 6.11. The summed E-state index contributed by atoms with van der Waals surface area (Å²) in [6.45, 7) is 4.39. The van der Waals surface area contributed by atoms with Crippen molar-refractivity contribution in [2.75, 3.05) is 5.32 Å². The van der Waals surface area contributed by atoms with E-state index in [9.17, 15) is 9.59 Å². The molecule has 4 nitrogen and oxygen atoms in total. The topological polar surface area (TPSA) is 51.1 Å². The van der Waals surface area contributed by atoms with Gasteiger partial charge in [0.1, 0.15) is 0 Å². The zero-order valence-electron chi connectivity index (χ0n) is 14.3. The van der Waals surface area contributed by atoms with Crippen LogP contribution in [-0.4, -0.2) is 16.3 Å². The number of carbonyl (C=O) groups excluding carboxylic acids is 2. The van der Waals surface area contributed by atoms with Crippen LogP contribution in [-0.2, 0) is 11.3 Å². The normalized spacial score (nSPS) is 10.5. The fourth-order valence-corrected chi connectivity index (χ4v) is 2.70. The van der Waals surface area contributed by atoms with E-state index in [-0.39, 0.29) is 0 Å². The quantitative estimate of drug-likeness (QED) is 0.568. The van der Waals surface area contributed by atoms with Gasteiger partial charge < -0.3 is 9.88 Å². The molecule has 4 heteroatoms. The molecule has 2 aromatic carbocycles. The molecule has 0 aliphatic rings. The number of anilines is 1. The number of aryl methyl sites for hydroxylation is 2. The molecule has 0 atom stereocenters. The van der Waals surface area contributed by atoms with Gasteiger partial charge in [-0.2, -0.15) is 0 Å². The number of aromatic nitrogens is 1. The number of hydrogen-bond donors (Lipinski definition) is 1. The van der Waals surface area contributed by atoms with Crippen LogP contribution in [0.1, 0.15) is 27.2 Å². The number of amides is 1. The first-order chi connectivity index (χ1) is 12.0. The standard InChI is InChI=1S/C21H20N2O2/c1-15-10-11-16(2)18(13-15)22-21(25)20(24)19-9-6-12-23(19)14-17-7-4-3-5-8-17/h3-13H,14H2,1-2H3,(H,22,25). The van der Waals surface area contributed by atoms with Crippen molar-refractivity contribution in [3.63, 3.8) is 0 Å². The third-order valence-electron chi connectivity index (χ3n) is 4.11. The molecule has 1 aromatic heterocycles. The Balaban J connectivity index is 1.78. The number of hydrogen-bond acceptors (Lipinski definition) is 2. The van der Waals surface area contributed by atoms with E-state index in [4.69, 9.17) is 0 Å². The third kappa shape index (κ3) is 3.86. The van der Waals surface area contributed by atoms with Crippen LogP contribution in [0.2, 0.25) is 0 Å². The number of rotatable bonds is 5. The van der Waals surface area contributed by atoms with Gasteiger partial charge in [-0.15, -0.1) is 0 Å². The first kappa shape index (κ1) is 16.7. The number of Topliss-reactive ketones (excluding diaryl/α,β-unsaturated/α-hetero) is 1. The van der Waals surface area contributed by atoms with Gasteiger partial charge in [-0.25, -0.2) is 0 Å². The van der Waals surface area contributed by atoms with Crippen molar-refractivity contribution in [3.05, 3.63) is 89.2 Å². The van der Waals surface area contributed by atoms with Crippen LogP contribution in [0.3, 0.4) is 0 Å². The summed E-state index contributed by atoms with van der Waals surface area (Å²) < 4.78 is 1.79. The summed E-state index contributed by atoms with van der Waals surface area (Å²) in [7, 11) is 0. The Morgan fingerprint density at radius 1 is 0.960 bits per heavy atom. The highest BCUT2D eigenvalue weighted by atomic mass is 16.2. The summed E-state index contributed by atoms with van der Waals surface area (Å²) in [6, 6.07) is 19.0. The Morgan fingerprint density at radius 2 is 1.72 bits per heavy atom. The summed E-state index contributed by atoms with van der Waals surface area (Å²) in [5.74, 6) is -1.16. The lowest BCUT2D eigenvalue weighted by atomic mass is 10.1. The summed E-state index contributed by atoms with van der Waals surface area (Å²) in [4.78, 5) is 25.0. The zero-order chi connectivity index (χ0) is 17.8. The molecule has 126 valence electrons. The second-order valence-electron chi connectivity index (χ2n) is 6.11. The molecule has 1 heterocycles. The number of benzene rings is 2. The van der Waals surface area contributed by atoms with E-state index < -0.39 is 11.7 Å². The highest BCUT2D eigenvalue weighted by Crippen LogP contribution is 2.17. The van der Waals surface area contributed by atoms with Gasteiger partial charge in [0.05, 0.1) is 5.69 Å². The number of nitrogens with one attached hydrogen (secondary N) is 1. The summed E-state index contributed by atoms with van der Waals surface area (Å²) in [6.07, 6.45) is 1.81. The van der Waals surface area contributed by atoms with Crippen molar-refractivity contribution < 1.29 is 9.59 Å². The average molecular weight is 332 g/mol.